The summed E-state index contributed by atoms with van der Waals surface area (Å²) in [7, 11) is 0. The molecule has 1 aromatic rings. The molecular formula is C16H28N2OS. The van der Waals surface area contributed by atoms with Crippen LogP contribution in [0.4, 0.5) is 0 Å². The molecule has 1 aromatic heterocycles. The van der Waals surface area contributed by atoms with Gasteiger partial charge >= 0.3 is 0 Å². The molecule has 0 radical (unpaired) electrons. The summed E-state index contributed by atoms with van der Waals surface area (Å²) in [4.78, 5) is 2.51. The lowest BCUT2D eigenvalue weighted by Crippen LogP contribution is -2.42. The van der Waals surface area contributed by atoms with Crippen LogP contribution in [-0.2, 0) is 13.1 Å². The summed E-state index contributed by atoms with van der Waals surface area (Å²) < 4.78 is 6.29. The number of hydrogen-bond donors (Lipinski definition) is 1. The molecule has 2 rings (SSSR count). The number of furan rings is 1. The summed E-state index contributed by atoms with van der Waals surface area (Å²) in [6, 6.07) is 2.23. The fraction of sp³-hybridized carbons (Fsp3) is 0.750. The number of nitrogens with zero attached hydrogens (tertiary/aromatic N) is 1. The van der Waals surface area contributed by atoms with Crippen molar-refractivity contribution in [2.24, 2.45) is 0 Å². The number of aryl methyl sites for hydroxylation is 1. The lowest BCUT2D eigenvalue weighted by atomic mass is 10.2. The van der Waals surface area contributed by atoms with Crippen molar-refractivity contribution in [2.45, 2.75) is 52.0 Å². The van der Waals surface area contributed by atoms with Gasteiger partial charge in [-0.3, -0.25) is 4.90 Å². The van der Waals surface area contributed by atoms with Gasteiger partial charge in [0.15, 0.2) is 0 Å². The van der Waals surface area contributed by atoms with Crippen LogP contribution in [0.15, 0.2) is 10.5 Å². The molecule has 1 fully saturated rings. The Morgan fingerprint density at radius 1 is 1.45 bits per heavy atom. The third-order valence-corrected chi connectivity index (χ3v) is 5.00. The molecule has 1 aliphatic heterocycles. The van der Waals surface area contributed by atoms with E-state index in [9.17, 15) is 0 Å². The Bertz CT molecular complexity index is 428. The summed E-state index contributed by atoms with van der Waals surface area (Å²) in [5, 5.41) is 3.45. The molecule has 1 saturated heterocycles. The fourth-order valence-electron chi connectivity index (χ4n) is 2.71. The molecule has 0 atom stereocenters. The van der Waals surface area contributed by atoms with Crippen molar-refractivity contribution in [3.05, 3.63) is 23.2 Å². The molecule has 0 bridgehead atoms. The van der Waals surface area contributed by atoms with E-state index in [0.717, 1.165) is 44.2 Å². The minimum absolute atomic E-state index is 0.366. The molecule has 20 heavy (non-hydrogen) atoms. The summed E-state index contributed by atoms with van der Waals surface area (Å²) in [6.45, 7) is 14.2. The van der Waals surface area contributed by atoms with Gasteiger partial charge in [-0.2, -0.15) is 11.8 Å². The van der Waals surface area contributed by atoms with Crippen molar-refractivity contribution in [3.63, 3.8) is 0 Å². The Labute approximate surface area is 127 Å². The monoisotopic (exact) mass is 296 g/mol. The van der Waals surface area contributed by atoms with Gasteiger partial charge in [0.1, 0.15) is 11.5 Å². The van der Waals surface area contributed by atoms with Gasteiger partial charge < -0.3 is 9.73 Å². The van der Waals surface area contributed by atoms with Gasteiger partial charge in [-0.1, -0.05) is 6.92 Å². The number of nitrogens with one attached hydrogen (secondary N) is 1. The first-order chi connectivity index (χ1) is 9.50. The van der Waals surface area contributed by atoms with Gasteiger partial charge in [0.2, 0.25) is 0 Å². The highest BCUT2D eigenvalue weighted by molar-refractivity contribution is 8.00. The third-order valence-electron chi connectivity index (χ3n) is 3.70. The minimum Gasteiger partial charge on any atom is -0.465 e. The van der Waals surface area contributed by atoms with Gasteiger partial charge in [0, 0.05) is 35.7 Å². The van der Waals surface area contributed by atoms with Crippen molar-refractivity contribution in [3.8, 4) is 0 Å². The molecule has 3 nitrogen and oxygen atoms in total. The van der Waals surface area contributed by atoms with E-state index in [1.54, 1.807) is 0 Å². The Morgan fingerprint density at radius 3 is 2.95 bits per heavy atom. The van der Waals surface area contributed by atoms with Crippen molar-refractivity contribution < 1.29 is 4.42 Å². The second-order valence-electron chi connectivity index (χ2n) is 6.29. The summed E-state index contributed by atoms with van der Waals surface area (Å²) in [5.74, 6) is 3.39. The number of hydrogen-bond acceptors (Lipinski definition) is 4. The first kappa shape index (κ1) is 15.9. The quantitative estimate of drug-likeness (QED) is 0.814. The van der Waals surface area contributed by atoms with Crippen molar-refractivity contribution in [1.82, 2.24) is 10.2 Å². The topological polar surface area (TPSA) is 28.4 Å². The first-order valence-electron chi connectivity index (χ1n) is 7.65. The highest BCUT2D eigenvalue weighted by Gasteiger charge is 2.27. The second-order valence-corrected chi connectivity index (χ2v) is 8.09. The summed E-state index contributed by atoms with van der Waals surface area (Å²) >= 11 is 2.07. The Balaban J connectivity index is 1.91. The average molecular weight is 296 g/mol. The molecule has 1 aliphatic rings. The number of rotatable bonds is 6. The number of thioether (sulfide) groups is 1. The van der Waals surface area contributed by atoms with Crippen LogP contribution in [-0.4, -0.2) is 35.0 Å². The largest absolute Gasteiger partial charge is 0.465 e. The molecule has 1 N–H and O–H groups in total. The molecular weight excluding hydrogens is 268 g/mol. The van der Waals surface area contributed by atoms with E-state index in [1.807, 2.05) is 0 Å². The SMILES string of the molecule is CCCNCc1cc(CN2CCSC(C)(C)C2)oc1C. The van der Waals surface area contributed by atoms with Crippen LogP contribution in [0.3, 0.4) is 0 Å². The fourth-order valence-corrected chi connectivity index (χ4v) is 3.89. The highest BCUT2D eigenvalue weighted by Crippen LogP contribution is 2.30. The zero-order chi connectivity index (χ0) is 14.6. The van der Waals surface area contributed by atoms with Crippen molar-refractivity contribution >= 4 is 11.8 Å². The Hall–Kier alpha value is -0.450. The van der Waals surface area contributed by atoms with E-state index in [2.05, 4.69) is 55.7 Å². The van der Waals surface area contributed by atoms with E-state index in [-0.39, 0.29) is 0 Å². The standard InChI is InChI=1S/C16H28N2OS/c1-5-6-17-10-14-9-15(19-13(14)2)11-18-7-8-20-16(3,4)12-18/h9,17H,5-8,10-12H2,1-4H3. The lowest BCUT2D eigenvalue weighted by molar-refractivity contribution is 0.231. The molecule has 0 amide bonds. The van der Waals surface area contributed by atoms with Crippen molar-refractivity contribution in [1.29, 1.82) is 0 Å². The van der Waals surface area contributed by atoms with E-state index in [1.165, 1.54) is 17.7 Å². The smallest absolute Gasteiger partial charge is 0.118 e. The minimum atomic E-state index is 0.366. The molecule has 0 aliphatic carbocycles. The van der Waals surface area contributed by atoms with Crippen LogP contribution in [0.2, 0.25) is 0 Å². The average Bonchev–Trinajstić information content (AvgIpc) is 2.69. The lowest BCUT2D eigenvalue weighted by Gasteiger charge is -2.37. The van der Waals surface area contributed by atoms with Crippen molar-refractivity contribution in [2.75, 3.05) is 25.4 Å². The Kier molecular flexibility index (Phi) is 5.58. The maximum absolute atomic E-state index is 5.93. The van der Waals surface area contributed by atoms with E-state index >= 15 is 0 Å². The maximum atomic E-state index is 5.93. The van der Waals surface area contributed by atoms with Crippen LogP contribution in [0.1, 0.15) is 44.3 Å². The van der Waals surface area contributed by atoms with Crippen LogP contribution in [0, 0.1) is 6.92 Å². The normalized spacial score (nSPS) is 19.4. The van der Waals surface area contributed by atoms with E-state index in [0.29, 0.717) is 4.75 Å². The van der Waals surface area contributed by atoms with Crippen LogP contribution >= 0.6 is 11.8 Å². The summed E-state index contributed by atoms with van der Waals surface area (Å²) in [6.07, 6.45) is 1.17. The van der Waals surface area contributed by atoms with Gasteiger partial charge in [-0.25, -0.2) is 0 Å². The molecule has 2 heterocycles. The summed E-state index contributed by atoms with van der Waals surface area (Å²) in [5.41, 5.74) is 1.30. The van der Waals surface area contributed by atoms with Gasteiger partial charge in [0.25, 0.3) is 0 Å². The molecule has 4 heteroatoms. The molecule has 0 saturated carbocycles. The predicted octanol–water partition coefficient (Wildman–Crippen LogP) is 3.42. The van der Waals surface area contributed by atoms with Gasteiger partial charge in [-0.15, -0.1) is 0 Å². The first-order valence-corrected chi connectivity index (χ1v) is 8.64. The van der Waals surface area contributed by atoms with Gasteiger partial charge in [0.05, 0.1) is 6.54 Å². The molecule has 114 valence electrons. The molecule has 0 unspecified atom stereocenters. The van der Waals surface area contributed by atoms with E-state index in [4.69, 9.17) is 4.42 Å². The van der Waals surface area contributed by atoms with Crippen LogP contribution in [0.5, 0.6) is 0 Å². The zero-order valence-corrected chi connectivity index (χ0v) is 14.1. The van der Waals surface area contributed by atoms with Crippen LogP contribution in [0.25, 0.3) is 0 Å². The molecule has 0 spiro atoms. The van der Waals surface area contributed by atoms with E-state index < -0.39 is 0 Å². The predicted molar refractivity (Wildman–Crippen MR) is 87.3 cm³/mol. The highest BCUT2D eigenvalue weighted by atomic mass is 32.2. The van der Waals surface area contributed by atoms with Gasteiger partial charge in [-0.05, 0) is 39.8 Å². The zero-order valence-electron chi connectivity index (χ0n) is 13.3. The second kappa shape index (κ2) is 7.01. The maximum Gasteiger partial charge on any atom is 0.118 e. The third kappa shape index (κ3) is 4.54. The Morgan fingerprint density at radius 2 is 2.25 bits per heavy atom. The molecule has 0 aromatic carbocycles. The van der Waals surface area contributed by atoms with Crippen LogP contribution < -0.4 is 5.32 Å².